The molecule has 1 aromatic carbocycles. The first kappa shape index (κ1) is 18.3. The van der Waals surface area contributed by atoms with Gasteiger partial charge < -0.3 is 10.1 Å². The maximum atomic E-state index is 12.9. The van der Waals surface area contributed by atoms with Crippen molar-refractivity contribution in [3.05, 3.63) is 64.7 Å². The van der Waals surface area contributed by atoms with Crippen LogP contribution in [0, 0.1) is 0 Å². The number of pyridine rings is 1. The third kappa shape index (κ3) is 3.57. The molecule has 0 bridgehead atoms. The van der Waals surface area contributed by atoms with E-state index in [0.29, 0.717) is 29.2 Å². The number of aromatic nitrogens is 3. The van der Waals surface area contributed by atoms with E-state index in [1.54, 1.807) is 43.8 Å². The largest absolute Gasteiger partial charge is 0.495 e. The van der Waals surface area contributed by atoms with Crippen LogP contribution in [0.25, 0.3) is 11.3 Å². The molecule has 0 aliphatic carbocycles. The fourth-order valence-corrected chi connectivity index (χ4v) is 2.84. The molecule has 138 valence electrons. The highest BCUT2D eigenvalue weighted by atomic mass is 16.5. The van der Waals surface area contributed by atoms with Crippen molar-refractivity contribution in [2.75, 3.05) is 12.4 Å². The summed E-state index contributed by atoms with van der Waals surface area (Å²) < 4.78 is 6.68. The summed E-state index contributed by atoms with van der Waals surface area (Å²) in [5.74, 6) is 0.309. The molecule has 3 aromatic rings. The van der Waals surface area contributed by atoms with Crippen LogP contribution >= 0.6 is 0 Å². The van der Waals surface area contributed by atoms with Crippen molar-refractivity contribution in [1.29, 1.82) is 0 Å². The van der Waals surface area contributed by atoms with Gasteiger partial charge in [-0.15, -0.1) is 0 Å². The summed E-state index contributed by atoms with van der Waals surface area (Å²) in [6.45, 7) is 3.62. The minimum atomic E-state index is -0.369. The third-order valence-corrected chi connectivity index (χ3v) is 4.13. The van der Waals surface area contributed by atoms with Gasteiger partial charge in [0.15, 0.2) is 5.78 Å². The van der Waals surface area contributed by atoms with Gasteiger partial charge >= 0.3 is 0 Å². The van der Waals surface area contributed by atoms with Crippen LogP contribution in [-0.2, 0) is 6.54 Å². The number of carbonyl (C=O) groups is 1. The van der Waals surface area contributed by atoms with E-state index in [4.69, 9.17) is 4.74 Å². The second-order valence-electron chi connectivity index (χ2n) is 5.84. The van der Waals surface area contributed by atoms with E-state index in [9.17, 15) is 9.59 Å². The third-order valence-electron chi connectivity index (χ3n) is 4.13. The Labute approximate surface area is 156 Å². The maximum Gasteiger partial charge on any atom is 0.291 e. The first-order chi connectivity index (χ1) is 13.1. The molecule has 2 aromatic heterocycles. The number of benzene rings is 1. The average molecular weight is 364 g/mol. The van der Waals surface area contributed by atoms with Gasteiger partial charge in [-0.3, -0.25) is 14.6 Å². The predicted octanol–water partition coefficient (Wildman–Crippen LogP) is 3.28. The molecule has 0 spiro atoms. The lowest BCUT2D eigenvalue weighted by Crippen LogP contribution is -2.28. The lowest BCUT2D eigenvalue weighted by molar-refractivity contribution is 0.101. The minimum Gasteiger partial charge on any atom is -0.495 e. The van der Waals surface area contributed by atoms with Crippen LogP contribution in [0.3, 0.4) is 0 Å². The number of nitrogens with one attached hydrogen (secondary N) is 1. The number of Topliss-reactive ketones (excluding diaryl/α,β-unsaturated/α-hetero) is 1. The van der Waals surface area contributed by atoms with Gasteiger partial charge in [0.2, 0.25) is 0 Å². The fraction of sp³-hybridized carbons (Fsp3) is 0.200. The molecule has 0 amide bonds. The molecule has 0 radical (unpaired) electrons. The highest BCUT2D eigenvalue weighted by molar-refractivity contribution is 6.05. The van der Waals surface area contributed by atoms with Crippen molar-refractivity contribution >= 4 is 17.2 Å². The number of methoxy groups -OCH3 is 1. The number of ketones is 1. The molecular formula is C20H20N4O3. The minimum absolute atomic E-state index is 0.177. The normalized spacial score (nSPS) is 10.5. The highest BCUT2D eigenvalue weighted by Crippen LogP contribution is 2.30. The molecule has 7 nitrogen and oxygen atoms in total. The summed E-state index contributed by atoms with van der Waals surface area (Å²) in [4.78, 5) is 29.4. The first-order valence-corrected chi connectivity index (χ1v) is 8.53. The summed E-state index contributed by atoms with van der Waals surface area (Å²) in [5.41, 5.74) is 1.78. The van der Waals surface area contributed by atoms with E-state index >= 15 is 0 Å². The zero-order chi connectivity index (χ0) is 19.4. The van der Waals surface area contributed by atoms with Crippen LogP contribution < -0.4 is 15.6 Å². The molecule has 0 aliphatic rings. The average Bonchev–Trinajstić information content (AvgIpc) is 2.70. The van der Waals surface area contributed by atoms with Gasteiger partial charge in [0.1, 0.15) is 17.1 Å². The monoisotopic (exact) mass is 364 g/mol. The van der Waals surface area contributed by atoms with Crippen molar-refractivity contribution in [2.45, 2.75) is 20.4 Å². The van der Waals surface area contributed by atoms with E-state index < -0.39 is 0 Å². The van der Waals surface area contributed by atoms with Crippen molar-refractivity contribution in [3.63, 3.8) is 0 Å². The summed E-state index contributed by atoms with van der Waals surface area (Å²) >= 11 is 0. The van der Waals surface area contributed by atoms with Crippen molar-refractivity contribution < 1.29 is 9.53 Å². The Morgan fingerprint density at radius 3 is 2.52 bits per heavy atom. The highest BCUT2D eigenvalue weighted by Gasteiger charge is 2.22. The Balaban J connectivity index is 2.29. The number of carbonyl (C=O) groups excluding carboxylic acids is 1. The summed E-state index contributed by atoms with van der Waals surface area (Å²) in [6.07, 6.45) is 3.24. The molecule has 1 N–H and O–H groups in total. The van der Waals surface area contributed by atoms with Gasteiger partial charge in [0.25, 0.3) is 5.56 Å². The first-order valence-electron chi connectivity index (χ1n) is 8.53. The topological polar surface area (TPSA) is 86.1 Å². The van der Waals surface area contributed by atoms with Crippen LogP contribution in [0.1, 0.15) is 24.2 Å². The standard InChI is InChI=1S/C20H20N4O3/c1-4-24-20(26)19(22-15-7-5-6-8-16(15)27-3)17(13(2)25)18(23-24)14-9-11-21-12-10-14/h5-12,22H,4H2,1-3H3. The molecule has 0 saturated heterocycles. The van der Waals surface area contributed by atoms with Crippen LogP contribution in [-0.4, -0.2) is 27.7 Å². The fourth-order valence-electron chi connectivity index (χ4n) is 2.84. The molecule has 7 heteroatoms. The number of anilines is 2. The zero-order valence-electron chi connectivity index (χ0n) is 15.4. The SMILES string of the molecule is CCn1nc(-c2ccncc2)c(C(C)=O)c(Nc2ccccc2OC)c1=O. The Hall–Kier alpha value is -3.48. The van der Waals surface area contributed by atoms with Crippen molar-refractivity contribution in [3.8, 4) is 17.0 Å². The molecule has 27 heavy (non-hydrogen) atoms. The van der Waals surface area contributed by atoms with Gasteiger partial charge in [0.05, 0.1) is 18.4 Å². The van der Waals surface area contributed by atoms with E-state index in [1.165, 1.54) is 11.6 Å². The van der Waals surface area contributed by atoms with E-state index in [-0.39, 0.29) is 22.6 Å². The van der Waals surface area contributed by atoms with Crippen molar-refractivity contribution in [2.24, 2.45) is 0 Å². The lowest BCUT2D eigenvalue weighted by atomic mass is 10.0. The van der Waals surface area contributed by atoms with Crippen LogP contribution in [0.5, 0.6) is 5.75 Å². The van der Waals surface area contributed by atoms with Gasteiger partial charge in [-0.1, -0.05) is 12.1 Å². The number of aryl methyl sites for hydroxylation is 1. The van der Waals surface area contributed by atoms with Crippen LogP contribution in [0.2, 0.25) is 0 Å². The molecular weight excluding hydrogens is 344 g/mol. The van der Waals surface area contributed by atoms with E-state index in [2.05, 4.69) is 15.4 Å². The maximum absolute atomic E-state index is 12.9. The molecule has 3 rings (SSSR count). The number of rotatable bonds is 6. The van der Waals surface area contributed by atoms with Crippen LogP contribution in [0.4, 0.5) is 11.4 Å². The number of para-hydroxylation sites is 2. The molecule has 0 fully saturated rings. The summed E-state index contributed by atoms with van der Waals surface area (Å²) in [5, 5.41) is 7.50. The van der Waals surface area contributed by atoms with E-state index in [0.717, 1.165) is 0 Å². The molecule has 0 saturated carbocycles. The molecule has 0 aliphatic heterocycles. The van der Waals surface area contributed by atoms with Gasteiger partial charge in [-0.25, -0.2) is 4.68 Å². The lowest BCUT2D eigenvalue weighted by Gasteiger charge is -2.17. The van der Waals surface area contributed by atoms with Crippen molar-refractivity contribution in [1.82, 2.24) is 14.8 Å². The van der Waals surface area contributed by atoms with Gasteiger partial charge in [-0.2, -0.15) is 5.10 Å². The van der Waals surface area contributed by atoms with Gasteiger partial charge in [-0.05, 0) is 38.1 Å². The Kier molecular flexibility index (Phi) is 5.30. The number of hydrogen-bond donors (Lipinski definition) is 1. The Bertz CT molecular complexity index is 1030. The smallest absolute Gasteiger partial charge is 0.291 e. The number of nitrogens with zero attached hydrogens (tertiary/aromatic N) is 3. The number of ether oxygens (including phenoxy) is 1. The summed E-state index contributed by atoms with van der Waals surface area (Å²) in [7, 11) is 1.55. The quantitative estimate of drug-likeness (QED) is 0.676. The Morgan fingerprint density at radius 1 is 1.19 bits per heavy atom. The molecule has 0 atom stereocenters. The second-order valence-corrected chi connectivity index (χ2v) is 5.84. The van der Waals surface area contributed by atoms with Gasteiger partial charge in [0, 0.05) is 24.5 Å². The molecule has 2 heterocycles. The number of hydrogen-bond acceptors (Lipinski definition) is 6. The predicted molar refractivity (Wildman–Crippen MR) is 104 cm³/mol. The second kappa shape index (κ2) is 7.82. The zero-order valence-corrected chi connectivity index (χ0v) is 15.4. The van der Waals surface area contributed by atoms with E-state index in [1.807, 2.05) is 19.1 Å². The Morgan fingerprint density at radius 2 is 1.89 bits per heavy atom. The summed E-state index contributed by atoms with van der Waals surface area (Å²) in [6, 6.07) is 10.7. The van der Waals surface area contributed by atoms with Crippen LogP contribution in [0.15, 0.2) is 53.6 Å². The molecule has 0 unspecified atom stereocenters.